The fraction of sp³-hybridized carbons (Fsp3) is 0.238. The van der Waals surface area contributed by atoms with Gasteiger partial charge in [0.25, 0.3) is 0 Å². The molecule has 4 rings (SSSR count). The molecule has 3 N–H and O–H groups in total. The number of para-hydroxylation sites is 1. The lowest BCUT2D eigenvalue weighted by molar-refractivity contribution is 0.122. The van der Waals surface area contributed by atoms with E-state index in [1.54, 1.807) is 18.2 Å². The number of ether oxygens (including phenoxy) is 1. The van der Waals surface area contributed by atoms with E-state index >= 15 is 0 Å². The van der Waals surface area contributed by atoms with Crippen molar-refractivity contribution in [3.05, 3.63) is 65.7 Å². The molecule has 0 aliphatic carbocycles. The third-order valence-corrected chi connectivity index (χ3v) is 4.52. The second-order valence-electron chi connectivity index (χ2n) is 6.65. The second kappa shape index (κ2) is 9.66. The van der Waals surface area contributed by atoms with Gasteiger partial charge in [-0.05, 0) is 17.7 Å². The summed E-state index contributed by atoms with van der Waals surface area (Å²) < 4.78 is 5.42. The van der Waals surface area contributed by atoms with Crippen molar-refractivity contribution in [1.29, 1.82) is 0 Å². The van der Waals surface area contributed by atoms with Crippen LogP contribution in [0.2, 0.25) is 0 Å². The Balaban J connectivity index is 1.52. The minimum atomic E-state index is 0.151. The molecule has 9 heteroatoms. The number of anilines is 3. The predicted octanol–water partition coefficient (Wildman–Crippen LogP) is 2.47. The van der Waals surface area contributed by atoms with Gasteiger partial charge in [-0.15, -0.1) is 0 Å². The molecule has 2 aromatic carbocycles. The van der Waals surface area contributed by atoms with Gasteiger partial charge in [0.2, 0.25) is 17.8 Å². The first kappa shape index (κ1) is 19.6. The van der Waals surface area contributed by atoms with Crippen molar-refractivity contribution in [3.8, 4) is 5.75 Å². The van der Waals surface area contributed by atoms with Crippen LogP contribution in [0.15, 0.2) is 59.7 Å². The lowest BCUT2D eigenvalue weighted by Gasteiger charge is -2.27. The Hall–Kier alpha value is -3.72. The first-order valence-electron chi connectivity index (χ1n) is 9.71. The molecule has 0 bridgehead atoms. The van der Waals surface area contributed by atoms with Crippen LogP contribution < -0.4 is 15.6 Å². The molecule has 1 aromatic heterocycles. The summed E-state index contributed by atoms with van der Waals surface area (Å²) in [5, 5.41) is 17.3. The maximum Gasteiger partial charge on any atom is 0.250 e. The van der Waals surface area contributed by atoms with Crippen LogP contribution in [-0.4, -0.2) is 52.6 Å². The van der Waals surface area contributed by atoms with Crippen LogP contribution in [0.3, 0.4) is 0 Å². The summed E-state index contributed by atoms with van der Waals surface area (Å²) in [6, 6.07) is 17.0. The van der Waals surface area contributed by atoms with E-state index < -0.39 is 0 Å². The molecular weight excluding hydrogens is 382 g/mol. The van der Waals surface area contributed by atoms with Gasteiger partial charge in [-0.1, -0.05) is 42.5 Å². The van der Waals surface area contributed by atoms with E-state index in [2.05, 4.69) is 35.7 Å². The Bertz CT molecular complexity index is 992. The number of benzene rings is 2. The topological polar surface area (TPSA) is 108 Å². The zero-order chi connectivity index (χ0) is 20.6. The van der Waals surface area contributed by atoms with Gasteiger partial charge < -0.3 is 20.1 Å². The largest absolute Gasteiger partial charge is 0.507 e. The summed E-state index contributed by atoms with van der Waals surface area (Å²) in [7, 11) is 0. The zero-order valence-corrected chi connectivity index (χ0v) is 16.4. The second-order valence-corrected chi connectivity index (χ2v) is 6.65. The molecule has 30 heavy (non-hydrogen) atoms. The third kappa shape index (κ3) is 5.21. The molecule has 0 atom stereocenters. The van der Waals surface area contributed by atoms with Crippen LogP contribution in [-0.2, 0) is 11.3 Å². The number of morpholine rings is 1. The average molecular weight is 405 g/mol. The number of nitrogens with zero attached hydrogens (tertiary/aromatic N) is 5. The number of rotatable bonds is 7. The molecule has 0 unspecified atom stereocenters. The summed E-state index contributed by atoms with van der Waals surface area (Å²) in [5.41, 5.74) is 4.55. The van der Waals surface area contributed by atoms with Gasteiger partial charge >= 0.3 is 0 Å². The normalized spacial score (nSPS) is 14.1. The van der Waals surface area contributed by atoms with Crippen LogP contribution in [0.25, 0.3) is 0 Å². The van der Waals surface area contributed by atoms with Crippen LogP contribution >= 0.6 is 0 Å². The van der Waals surface area contributed by atoms with Crippen LogP contribution in [0.1, 0.15) is 11.1 Å². The fourth-order valence-electron chi connectivity index (χ4n) is 2.93. The van der Waals surface area contributed by atoms with Crippen molar-refractivity contribution in [1.82, 2.24) is 15.0 Å². The molecule has 1 saturated heterocycles. The van der Waals surface area contributed by atoms with Crippen LogP contribution in [0.5, 0.6) is 5.75 Å². The molecule has 9 nitrogen and oxygen atoms in total. The Morgan fingerprint density at radius 1 is 0.967 bits per heavy atom. The summed E-state index contributed by atoms with van der Waals surface area (Å²) in [6.45, 7) is 3.28. The lowest BCUT2D eigenvalue weighted by atomic mass is 10.2. The standard InChI is InChI=1S/C21H23N7O2/c29-18-9-5-4-8-17(18)15-23-27-20-24-19(22-14-16-6-2-1-3-7-16)25-21(26-20)28-10-12-30-13-11-28/h1-9,15,29H,10-14H2,(H2,22,24,25,26,27)/b23-15-. The van der Waals surface area contributed by atoms with E-state index in [4.69, 9.17) is 4.74 Å². The van der Waals surface area contributed by atoms with Gasteiger partial charge in [-0.2, -0.15) is 20.1 Å². The van der Waals surface area contributed by atoms with E-state index in [1.165, 1.54) is 6.21 Å². The van der Waals surface area contributed by atoms with Crippen molar-refractivity contribution in [2.24, 2.45) is 5.10 Å². The minimum absolute atomic E-state index is 0.151. The van der Waals surface area contributed by atoms with Crippen LogP contribution in [0, 0.1) is 0 Å². The molecule has 0 amide bonds. The maximum absolute atomic E-state index is 9.86. The Morgan fingerprint density at radius 2 is 1.70 bits per heavy atom. The molecular formula is C21H23N7O2. The van der Waals surface area contributed by atoms with Gasteiger partial charge in [0.05, 0.1) is 19.4 Å². The number of hydrazone groups is 1. The fourth-order valence-corrected chi connectivity index (χ4v) is 2.93. The smallest absolute Gasteiger partial charge is 0.250 e. The first-order valence-corrected chi connectivity index (χ1v) is 9.71. The van der Waals surface area contributed by atoms with Gasteiger partial charge in [0, 0.05) is 25.2 Å². The van der Waals surface area contributed by atoms with E-state index in [0.29, 0.717) is 56.3 Å². The molecule has 3 aromatic rings. The molecule has 0 saturated carbocycles. The number of aromatic hydroxyl groups is 1. The first-order chi connectivity index (χ1) is 14.8. The Morgan fingerprint density at radius 3 is 2.50 bits per heavy atom. The molecule has 2 heterocycles. The van der Waals surface area contributed by atoms with Gasteiger partial charge in [0.15, 0.2) is 0 Å². The van der Waals surface area contributed by atoms with Crippen LogP contribution in [0.4, 0.5) is 17.8 Å². The Kier molecular flexibility index (Phi) is 6.31. The van der Waals surface area contributed by atoms with E-state index in [1.807, 2.05) is 36.4 Å². The molecule has 1 aliphatic heterocycles. The number of phenolic OH excluding ortho intramolecular Hbond substituents is 1. The van der Waals surface area contributed by atoms with E-state index in [-0.39, 0.29) is 5.75 Å². The zero-order valence-electron chi connectivity index (χ0n) is 16.4. The molecule has 1 fully saturated rings. The number of hydrogen-bond donors (Lipinski definition) is 3. The highest BCUT2D eigenvalue weighted by atomic mass is 16.5. The highest BCUT2D eigenvalue weighted by Crippen LogP contribution is 2.16. The average Bonchev–Trinajstić information content (AvgIpc) is 2.80. The molecule has 0 spiro atoms. The van der Waals surface area contributed by atoms with Crippen molar-refractivity contribution in [3.63, 3.8) is 0 Å². The molecule has 0 radical (unpaired) electrons. The highest BCUT2D eigenvalue weighted by Gasteiger charge is 2.16. The van der Waals surface area contributed by atoms with Gasteiger partial charge in [-0.25, -0.2) is 5.43 Å². The summed E-state index contributed by atoms with van der Waals surface area (Å²) in [4.78, 5) is 15.5. The highest BCUT2D eigenvalue weighted by molar-refractivity contribution is 5.83. The SMILES string of the molecule is Oc1ccccc1/C=N\Nc1nc(NCc2ccccc2)nc(N2CCOCC2)n1. The number of aromatic nitrogens is 3. The monoisotopic (exact) mass is 405 g/mol. The van der Waals surface area contributed by atoms with Crippen molar-refractivity contribution in [2.75, 3.05) is 41.9 Å². The number of hydrogen-bond acceptors (Lipinski definition) is 9. The van der Waals surface area contributed by atoms with E-state index in [9.17, 15) is 5.11 Å². The molecule has 1 aliphatic rings. The Labute approximate surface area is 174 Å². The maximum atomic E-state index is 9.86. The molecule has 154 valence electrons. The summed E-state index contributed by atoms with van der Waals surface area (Å²) >= 11 is 0. The van der Waals surface area contributed by atoms with Gasteiger partial charge in [-0.3, -0.25) is 0 Å². The van der Waals surface area contributed by atoms with Crippen molar-refractivity contribution in [2.45, 2.75) is 6.54 Å². The predicted molar refractivity (Wildman–Crippen MR) is 116 cm³/mol. The lowest BCUT2D eigenvalue weighted by Crippen LogP contribution is -2.37. The van der Waals surface area contributed by atoms with Crippen molar-refractivity contribution >= 4 is 24.1 Å². The van der Waals surface area contributed by atoms with E-state index in [0.717, 1.165) is 5.56 Å². The number of nitrogens with one attached hydrogen (secondary N) is 2. The third-order valence-electron chi connectivity index (χ3n) is 4.52. The van der Waals surface area contributed by atoms with Gasteiger partial charge in [0.1, 0.15) is 5.75 Å². The summed E-state index contributed by atoms with van der Waals surface area (Å²) in [5.74, 6) is 1.48. The minimum Gasteiger partial charge on any atom is -0.507 e. The summed E-state index contributed by atoms with van der Waals surface area (Å²) in [6.07, 6.45) is 1.52. The quantitative estimate of drug-likeness (QED) is 0.406. The van der Waals surface area contributed by atoms with Crippen molar-refractivity contribution < 1.29 is 9.84 Å². The number of phenols is 1.